The number of rotatable bonds is 1. The first-order chi connectivity index (χ1) is 6.20. The molecule has 1 aromatic heterocycles. The summed E-state index contributed by atoms with van der Waals surface area (Å²) in [6.45, 7) is 6.50. The predicted molar refractivity (Wildman–Crippen MR) is 53.8 cm³/mol. The molecule has 3 nitrogen and oxygen atoms in total. The van der Waals surface area contributed by atoms with E-state index >= 15 is 0 Å². The predicted octanol–water partition coefficient (Wildman–Crippen LogP) is 2.67. The van der Waals surface area contributed by atoms with Gasteiger partial charge in [0.15, 0.2) is 5.82 Å². The third-order valence-electron chi connectivity index (χ3n) is 2.49. The smallest absolute Gasteiger partial charge is 0.155 e. The van der Waals surface area contributed by atoms with Crippen LogP contribution in [0.5, 0.6) is 0 Å². The van der Waals surface area contributed by atoms with Gasteiger partial charge in [0.2, 0.25) is 0 Å². The summed E-state index contributed by atoms with van der Waals surface area (Å²) in [5, 5.41) is 0. The minimum Gasteiger partial charge on any atom is -0.313 e. The second-order valence-electron chi connectivity index (χ2n) is 3.90. The molecule has 13 heavy (non-hydrogen) atoms. The molecule has 1 unspecified atom stereocenters. The van der Waals surface area contributed by atoms with E-state index in [1.807, 2.05) is 12.5 Å². The average molecular weight is 177 g/mol. The summed E-state index contributed by atoms with van der Waals surface area (Å²) in [5.41, 5.74) is 1.15. The largest absolute Gasteiger partial charge is 0.313 e. The van der Waals surface area contributed by atoms with Crippen LogP contribution < -0.4 is 0 Å². The van der Waals surface area contributed by atoms with Gasteiger partial charge in [-0.1, -0.05) is 6.92 Å². The van der Waals surface area contributed by atoms with E-state index in [4.69, 9.17) is 0 Å². The molecule has 2 heterocycles. The summed E-state index contributed by atoms with van der Waals surface area (Å²) in [5.74, 6) is 1.57. The van der Waals surface area contributed by atoms with Crippen molar-refractivity contribution in [3.05, 3.63) is 12.0 Å². The van der Waals surface area contributed by atoms with Crippen LogP contribution in [-0.4, -0.2) is 15.8 Å². The van der Waals surface area contributed by atoms with Crippen LogP contribution in [-0.2, 0) is 0 Å². The number of aliphatic imine (C=N–C) groups is 1. The first-order valence-electron chi connectivity index (χ1n) is 4.79. The Bertz CT molecular complexity index is 336. The number of fused-ring (bicyclic) bond motifs is 1. The highest BCUT2D eigenvalue weighted by Crippen LogP contribution is 2.32. The van der Waals surface area contributed by atoms with Crippen LogP contribution in [0.4, 0.5) is 5.82 Å². The van der Waals surface area contributed by atoms with E-state index < -0.39 is 0 Å². The second kappa shape index (κ2) is 2.98. The number of aromatic nitrogens is 2. The van der Waals surface area contributed by atoms with E-state index in [9.17, 15) is 0 Å². The Labute approximate surface area is 78.5 Å². The maximum atomic E-state index is 4.41. The molecule has 0 aliphatic carbocycles. The number of imidazole rings is 1. The molecular weight excluding hydrogens is 162 g/mol. The maximum Gasteiger partial charge on any atom is 0.155 e. The van der Waals surface area contributed by atoms with Crippen LogP contribution in [0.1, 0.15) is 44.8 Å². The monoisotopic (exact) mass is 177 g/mol. The molecule has 0 saturated carbocycles. The molecule has 0 fully saturated rings. The molecule has 0 amide bonds. The van der Waals surface area contributed by atoms with Gasteiger partial charge in [0.05, 0.1) is 12.0 Å². The molecule has 70 valence electrons. The summed E-state index contributed by atoms with van der Waals surface area (Å²) in [6, 6.07) is 0.443. The van der Waals surface area contributed by atoms with Crippen molar-refractivity contribution in [2.75, 3.05) is 0 Å². The van der Waals surface area contributed by atoms with Crippen molar-refractivity contribution in [1.29, 1.82) is 0 Å². The standard InChI is InChI=1S/C10H15N3/c1-7(2)13-6-12-9-8(3)4-5-11-10(9)13/h5-8H,4H2,1-3H3. The summed E-state index contributed by atoms with van der Waals surface area (Å²) in [7, 11) is 0. The van der Waals surface area contributed by atoms with Crippen molar-refractivity contribution in [1.82, 2.24) is 9.55 Å². The van der Waals surface area contributed by atoms with E-state index in [1.165, 1.54) is 0 Å². The first kappa shape index (κ1) is 8.48. The Hall–Kier alpha value is -1.12. The Kier molecular flexibility index (Phi) is 1.94. The molecule has 0 spiro atoms. The normalized spacial score (nSPS) is 20.8. The van der Waals surface area contributed by atoms with E-state index in [0.29, 0.717) is 12.0 Å². The highest BCUT2D eigenvalue weighted by atomic mass is 15.2. The lowest BCUT2D eigenvalue weighted by molar-refractivity contribution is 0.601. The summed E-state index contributed by atoms with van der Waals surface area (Å²) < 4.78 is 2.13. The van der Waals surface area contributed by atoms with Gasteiger partial charge in [-0.3, -0.25) is 0 Å². The summed E-state index contributed by atoms with van der Waals surface area (Å²) in [6.07, 6.45) is 4.91. The molecule has 1 aliphatic heterocycles. The number of nitrogens with zero attached hydrogens (tertiary/aromatic N) is 3. The SMILES string of the molecule is CC1CC=Nc2c1ncn2C(C)C. The van der Waals surface area contributed by atoms with Crippen LogP contribution in [0.15, 0.2) is 11.3 Å². The van der Waals surface area contributed by atoms with Gasteiger partial charge in [0, 0.05) is 18.2 Å². The fourth-order valence-electron chi connectivity index (χ4n) is 1.64. The molecule has 0 N–H and O–H groups in total. The van der Waals surface area contributed by atoms with Crippen molar-refractivity contribution in [3.63, 3.8) is 0 Å². The van der Waals surface area contributed by atoms with Crippen LogP contribution in [0.2, 0.25) is 0 Å². The fraction of sp³-hybridized carbons (Fsp3) is 0.600. The second-order valence-corrected chi connectivity index (χ2v) is 3.90. The van der Waals surface area contributed by atoms with Crippen molar-refractivity contribution in [2.24, 2.45) is 4.99 Å². The lowest BCUT2D eigenvalue weighted by Crippen LogP contribution is -2.03. The van der Waals surface area contributed by atoms with Gasteiger partial charge in [-0.05, 0) is 20.3 Å². The average Bonchev–Trinajstić information content (AvgIpc) is 2.48. The van der Waals surface area contributed by atoms with Gasteiger partial charge >= 0.3 is 0 Å². The third kappa shape index (κ3) is 1.28. The minimum atomic E-state index is 0.443. The van der Waals surface area contributed by atoms with Crippen LogP contribution >= 0.6 is 0 Å². The van der Waals surface area contributed by atoms with E-state index in [2.05, 4.69) is 35.3 Å². The lowest BCUT2D eigenvalue weighted by Gasteiger charge is -2.15. The minimum absolute atomic E-state index is 0.443. The zero-order valence-electron chi connectivity index (χ0n) is 8.36. The van der Waals surface area contributed by atoms with E-state index in [0.717, 1.165) is 17.9 Å². The molecule has 1 aliphatic rings. The maximum absolute atomic E-state index is 4.41. The van der Waals surface area contributed by atoms with Gasteiger partial charge in [-0.15, -0.1) is 0 Å². The van der Waals surface area contributed by atoms with Gasteiger partial charge < -0.3 is 4.57 Å². The first-order valence-corrected chi connectivity index (χ1v) is 4.79. The molecule has 0 saturated heterocycles. The van der Waals surface area contributed by atoms with E-state index in [1.54, 1.807) is 0 Å². The van der Waals surface area contributed by atoms with Crippen molar-refractivity contribution >= 4 is 12.0 Å². The molecule has 2 rings (SSSR count). The van der Waals surface area contributed by atoms with Crippen molar-refractivity contribution < 1.29 is 0 Å². The molecular formula is C10H15N3. The van der Waals surface area contributed by atoms with Crippen molar-refractivity contribution in [2.45, 2.75) is 39.2 Å². The topological polar surface area (TPSA) is 30.2 Å². The van der Waals surface area contributed by atoms with Crippen LogP contribution in [0.3, 0.4) is 0 Å². The Morgan fingerprint density at radius 3 is 3.00 bits per heavy atom. The molecule has 1 atom stereocenters. The number of hydrogen-bond acceptors (Lipinski definition) is 2. The van der Waals surface area contributed by atoms with E-state index in [-0.39, 0.29) is 0 Å². The molecule has 0 aromatic carbocycles. The van der Waals surface area contributed by atoms with Crippen LogP contribution in [0, 0.1) is 0 Å². The van der Waals surface area contributed by atoms with Gasteiger partial charge in [0.1, 0.15) is 0 Å². The summed E-state index contributed by atoms with van der Waals surface area (Å²) in [4.78, 5) is 8.81. The fourth-order valence-corrected chi connectivity index (χ4v) is 1.64. The zero-order chi connectivity index (χ0) is 9.42. The quantitative estimate of drug-likeness (QED) is 0.648. The van der Waals surface area contributed by atoms with Gasteiger partial charge in [0.25, 0.3) is 0 Å². The Morgan fingerprint density at radius 2 is 2.31 bits per heavy atom. The molecule has 3 heteroatoms. The van der Waals surface area contributed by atoms with Crippen LogP contribution in [0.25, 0.3) is 0 Å². The van der Waals surface area contributed by atoms with Crippen molar-refractivity contribution in [3.8, 4) is 0 Å². The lowest BCUT2D eigenvalue weighted by atomic mass is 10.0. The highest BCUT2D eigenvalue weighted by molar-refractivity contribution is 5.67. The molecule has 0 radical (unpaired) electrons. The summed E-state index contributed by atoms with van der Waals surface area (Å²) >= 11 is 0. The van der Waals surface area contributed by atoms with Gasteiger partial charge in [-0.2, -0.15) is 0 Å². The zero-order valence-corrected chi connectivity index (χ0v) is 8.36. The molecule has 0 bridgehead atoms. The Balaban J connectivity index is 2.49. The third-order valence-corrected chi connectivity index (χ3v) is 2.49. The number of hydrogen-bond donors (Lipinski definition) is 0. The molecule has 1 aromatic rings. The Morgan fingerprint density at radius 1 is 1.54 bits per heavy atom. The van der Waals surface area contributed by atoms with Gasteiger partial charge in [-0.25, -0.2) is 9.98 Å². The highest BCUT2D eigenvalue weighted by Gasteiger charge is 2.19.